The number of furan rings is 1. The number of amides is 1. The average Bonchev–Trinajstić information content (AvgIpc) is 3.05. The lowest BCUT2D eigenvalue weighted by molar-refractivity contribution is 0.0992. The number of nitrogens with one attached hydrogen (secondary N) is 1. The van der Waals surface area contributed by atoms with E-state index >= 15 is 0 Å². The van der Waals surface area contributed by atoms with Crippen molar-refractivity contribution in [1.29, 1.82) is 0 Å². The SMILES string of the molecule is O=C(Nc1ccc(Cl)cc1)c1ccc(COc2ccc(Cl)cc2Cl)o1. The maximum Gasteiger partial charge on any atom is 0.291 e. The van der Waals surface area contributed by atoms with Gasteiger partial charge in [0.05, 0.1) is 5.02 Å². The predicted octanol–water partition coefficient (Wildman–Crippen LogP) is 6.07. The largest absolute Gasteiger partial charge is 0.484 e. The molecule has 0 atom stereocenters. The van der Waals surface area contributed by atoms with Gasteiger partial charge in [0.25, 0.3) is 5.91 Å². The van der Waals surface area contributed by atoms with Gasteiger partial charge in [0, 0.05) is 15.7 Å². The Kier molecular flexibility index (Phi) is 5.53. The molecule has 2 aromatic carbocycles. The van der Waals surface area contributed by atoms with Gasteiger partial charge in [-0.2, -0.15) is 0 Å². The van der Waals surface area contributed by atoms with Gasteiger partial charge < -0.3 is 14.5 Å². The highest BCUT2D eigenvalue weighted by molar-refractivity contribution is 6.35. The first-order valence-electron chi connectivity index (χ1n) is 7.25. The van der Waals surface area contributed by atoms with E-state index in [2.05, 4.69) is 5.32 Å². The number of carbonyl (C=O) groups is 1. The molecule has 0 aliphatic carbocycles. The first-order chi connectivity index (χ1) is 12.0. The van der Waals surface area contributed by atoms with E-state index < -0.39 is 0 Å². The van der Waals surface area contributed by atoms with Crippen molar-refractivity contribution in [3.63, 3.8) is 0 Å². The van der Waals surface area contributed by atoms with E-state index in [4.69, 9.17) is 44.0 Å². The number of hydrogen-bond donors (Lipinski definition) is 1. The number of halogens is 3. The topological polar surface area (TPSA) is 51.5 Å². The Hall–Kier alpha value is -2.14. The predicted molar refractivity (Wildman–Crippen MR) is 98.9 cm³/mol. The molecule has 3 aromatic rings. The van der Waals surface area contributed by atoms with Crippen LogP contribution in [-0.2, 0) is 6.61 Å². The Labute approximate surface area is 159 Å². The molecule has 0 unspecified atom stereocenters. The summed E-state index contributed by atoms with van der Waals surface area (Å²) in [5.74, 6) is 0.788. The number of carbonyl (C=O) groups excluding carboxylic acids is 1. The Morgan fingerprint density at radius 3 is 2.40 bits per heavy atom. The minimum Gasteiger partial charge on any atom is -0.484 e. The molecule has 1 amide bonds. The molecule has 0 bridgehead atoms. The molecule has 0 saturated heterocycles. The van der Waals surface area contributed by atoms with Crippen LogP contribution < -0.4 is 10.1 Å². The fraction of sp³-hybridized carbons (Fsp3) is 0.0556. The van der Waals surface area contributed by atoms with Crippen molar-refractivity contribution in [2.45, 2.75) is 6.61 Å². The van der Waals surface area contributed by atoms with E-state index in [1.807, 2.05) is 0 Å². The van der Waals surface area contributed by atoms with Crippen LogP contribution in [0.1, 0.15) is 16.3 Å². The summed E-state index contributed by atoms with van der Waals surface area (Å²) in [6.07, 6.45) is 0. The number of benzene rings is 2. The van der Waals surface area contributed by atoms with Crippen molar-refractivity contribution >= 4 is 46.4 Å². The maximum atomic E-state index is 12.2. The zero-order valence-electron chi connectivity index (χ0n) is 12.8. The van der Waals surface area contributed by atoms with Gasteiger partial charge in [-0.1, -0.05) is 34.8 Å². The minimum absolute atomic E-state index is 0.135. The second-order valence-electron chi connectivity index (χ2n) is 5.09. The van der Waals surface area contributed by atoms with Crippen molar-refractivity contribution in [2.24, 2.45) is 0 Å². The van der Waals surface area contributed by atoms with Gasteiger partial charge in [-0.15, -0.1) is 0 Å². The van der Waals surface area contributed by atoms with Crippen LogP contribution in [0.25, 0.3) is 0 Å². The Bertz CT molecular complexity index is 891. The van der Waals surface area contributed by atoms with Gasteiger partial charge in [0.15, 0.2) is 5.76 Å². The van der Waals surface area contributed by atoms with Gasteiger partial charge in [-0.05, 0) is 54.6 Å². The lowest BCUT2D eigenvalue weighted by Crippen LogP contribution is -2.10. The summed E-state index contributed by atoms with van der Waals surface area (Å²) in [5.41, 5.74) is 0.622. The van der Waals surface area contributed by atoms with E-state index in [0.717, 1.165) is 0 Å². The Morgan fingerprint density at radius 1 is 0.960 bits per heavy atom. The summed E-state index contributed by atoms with van der Waals surface area (Å²) in [6, 6.07) is 15.0. The second-order valence-corrected chi connectivity index (χ2v) is 6.37. The smallest absolute Gasteiger partial charge is 0.291 e. The van der Waals surface area contributed by atoms with Crippen LogP contribution in [0.4, 0.5) is 5.69 Å². The molecule has 1 N–H and O–H groups in total. The van der Waals surface area contributed by atoms with E-state index in [-0.39, 0.29) is 18.3 Å². The molecule has 1 aromatic heterocycles. The molecular weight excluding hydrogens is 385 g/mol. The number of anilines is 1. The molecule has 0 spiro atoms. The van der Waals surface area contributed by atoms with Gasteiger partial charge in [0.2, 0.25) is 0 Å². The Balaban J connectivity index is 1.61. The summed E-state index contributed by atoms with van der Waals surface area (Å²) >= 11 is 17.7. The van der Waals surface area contributed by atoms with Crippen LogP contribution in [-0.4, -0.2) is 5.91 Å². The molecule has 0 aliphatic rings. The molecule has 128 valence electrons. The van der Waals surface area contributed by atoms with Crippen molar-refractivity contribution in [1.82, 2.24) is 0 Å². The highest BCUT2D eigenvalue weighted by atomic mass is 35.5. The van der Waals surface area contributed by atoms with E-state index in [1.54, 1.807) is 54.6 Å². The van der Waals surface area contributed by atoms with Gasteiger partial charge >= 0.3 is 0 Å². The van der Waals surface area contributed by atoms with Crippen molar-refractivity contribution in [3.05, 3.63) is 81.2 Å². The summed E-state index contributed by atoms with van der Waals surface area (Å²) in [4.78, 5) is 12.2. The van der Waals surface area contributed by atoms with Crippen LogP contribution in [0, 0.1) is 0 Å². The molecule has 0 aliphatic heterocycles. The number of hydrogen-bond acceptors (Lipinski definition) is 3. The standard InChI is InChI=1S/C18H12Cl3NO3/c19-11-1-4-13(5-2-11)22-18(23)17-8-6-14(25-17)10-24-16-7-3-12(20)9-15(16)21/h1-9H,10H2,(H,22,23). The third-order valence-corrected chi connectivity index (χ3v) is 4.03. The second kappa shape index (κ2) is 7.83. The van der Waals surface area contributed by atoms with Crippen LogP contribution in [0.3, 0.4) is 0 Å². The highest BCUT2D eigenvalue weighted by Crippen LogP contribution is 2.28. The fourth-order valence-corrected chi connectivity index (χ4v) is 2.63. The number of ether oxygens (including phenoxy) is 1. The van der Waals surface area contributed by atoms with E-state index in [9.17, 15) is 4.79 Å². The number of rotatable bonds is 5. The maximum absolute atomic E-state index is 12.2. The van der Waals surface area contributed by atoms with Crippen LogP contribution in [0.2, 0.25) is 15.1 Å². The monoisotopic (exact) mass is 395 g/mol. The van der Waals surface area contributed by atoms with Gasteiger partial charge in [-0.3, -0.25) is 4.79 Å². The third kappa shape index (κ3) is 4.69. The quantitative estimate of drug-likeness (QED) is 0.569. The van der Waals surface area contributed by atoms with Gasteiger partial charge in [0.1, 0.15) is 18.1 Å². The summed E-state index contributed by atoms with van der Waals surface area (Å²) < 4.78 is 11.1. The van der Waals surface area contributed by atoms with Crippen molar-refractivity contribution in [2.75, 3.05) is 5.32 Å². The van der Waals surface area contributed by atoms with Crippen molar-refractivity contribution in [3.8, 4) is 5.75 Å². The molecule has 3 rings (SSSR count). The molecule has 25 heavy (non-hydrogen) atoms. The molecular formula is C18H12Cl3NO3. The van der Waals surface area contributed by atoms with E-state index in [1.165, 1.54) is 0 Å². The lowest BCUT2D eigenvalue weighted by atomic mass is 10.3. The first kappa shape index (κ1) is 17.7. The normalized spacial score (nSPS) is 10.5. The zero-order chi connectivity index (χ0) is 17.8. The van der Waals surface area contributed by atoms with Crippen LogP contribution in [0.15, 0.2) is 59.0 Å². The van der Waals surface area contributed by atoms with Gasteiger partial charge in [-0.25, -0.2) is 0 Å². The summed E-state index contributed by atoms with van der Waals surface area (Å²) in [5, 5.41) is 4.24. The zero-order valence-corrected chi connectivity index (χ0v) is 15.0. The lowest BCUT2D eigenvalue weighted by Gasteiger charge is -2.06. The molecule has 0 fully saturated rings. The highest BCUT2D eigenvalue weighted by Gasteiger charge is 2.12. The molecule has 4 nitrogen and oxygen atoms in total. The van der Waals surface area contributed by atoms with Crippen molar-refractivity contribution < 1.29 is 13.9 Å². The van der Waals surface area contributed by atoms with Crippen LogP contribution in [0.5, 0.6) is 5.75 Å². The molecule has 0 radical (unpaired) electrons. The summed E-state index contributed by atoms with van der Waals surface area (Å²) in [6.45, 7) is 0.135. The minimum atomic E-state index is -0.363. The van der Waals surface area contributed by atoms with Crippen LogP contribution >= 0.6 is 34.8 Å². The molecule has 1 heterocycles. The molecule has 0 saturated carbocycles. The summed E-state index contributed by atoms with van der Waals surface area (Å²) in [7, 11) is 0. The fourth-order valence-electron chi connectivity index (χ4n) is 2.04. The molecule has 7 heteroatoms. The third-order valence-electron chi connectivity index (χ3n) is 3.25. The average molecular weight is 397 g/mol. The van der Waals surface area contributed by atoms with E-state index in [0.29, 0.717) is 32.3 Å². The first-order valence-corrected chi connectivity index (χ1v) is 8.38. The Morgan fingerprint density at radius 2 is 1.68 bits per heavy atom.